The first-order valence-electron chi connectivity index (χ1n) is 10.7. The summed E-state index contributed by atoms with van der Waals surface area (Å²) < 4.78 is 0. The lowest BCUT2D eigenvalue weighted by Crippen LogP contribution is -2.46. The van der Waals surface area contributed by atoms with E-state index in [0.717, 1.165) is 53.9 Å². The summed E-state index contributed by atoms with van der Waals surface area (Å²) in [6, 6.07) is 7.11. The van der Waals surface area contributed by atoms with Gasteiger partial charge in [0, 0.05) is 47.5 Å². The Morgan fingerprint density at radius 2 is 1.79 bits per heavy atom. The van der Waals surface area contributed by atoms with E-state index in [1.165, 1.54) is 25.7 Å². The molecule has 0 aliphatic heterocycles. The van der Waals surface area contributed by atoms with E-state index in [4.69, 9.17) is 22.3 Å². The Morgan fingerprint density at radius 3 is 2.59 bits per heavy atom. The maximum Gasteiger partial charge on any atom is 0.227 e. The Hall–Kier alpha value is -2.18. The zero-order chi connectivity index (χ0) is 19.8. The number of nitrogens with one attached hydrogen (secondary N) is 1. The summed E-state index contributed by atoms with van der Waals surface area (Å²) in [7, 11) is 0. The van der Waals surface area contributed by atoms with E-state index in [9.17, 15) is 0 Å². The molecule has 0 aromatic carbocycles. The van der Waals surface area contributed by atoms with Gasteiger partial charge in [0.05, 0.1) is 5.69 Å². The number of hydrogen-bond donors (Lipinski definition) is 2. The zero-order valence-corrected chi connectivity index (χ0v) is 17.3. The number of H-pyrrole nitrogens is 1. The molecule has 3 aromatic rings. The van der Waals surface area contributed by atoms with Crippen LogP contribution in [0.1, 0.15) is 51.4 Å². The van der Waals surface area contributed by atoms with Crippen LogP contribution in [0.3, 0.4) is 0 Å². The van der Waals surface area contributed by atoms with Crippen LogP contribution in [0.25, 0.3) is 22.3 Å². The lowest BCUT2D eigenvalue weighted by Gasteiger charge is -2.40. The quantitative estimate of drug-likeness (QED) is 0.609. The van der Waals surface area contributed by atoms with Crippen LogP contribution in [0.4, 0.5) is 5.95 Å². The van der Waals surface area contributed by atoms with Crippen LogP contribution in [-0.4, -0.2) is 38.1 Å². The average molecular weight is 411 g/mol. The van der Waals surface area contributed by atoms with E-state index < -0.39 is 0 Å². The van der Waals surface area contributed by atoms with Gasteiger partial charge < -0.3 is 15.6 Å². The van der Waals surface area contributed by atoms with E-state index in [0.29, 0.717) is 23.3 Å². The van der Waals surface area contributed by atoms with Gasteiger partial charge in [-0.1, -0.05) is 24.4 Å². The van der Waals surface area contributed by atoms with Gasteiger partial charge in [-0.3, -0.25) is 0 Å². The number of nitrogens with two attached hydrogens (primary N) is 1. The third kappa shape index (κ3) is 3.71. The Labute approximate surface area is 175 Å². The minimum Gasteiger partial charge on any atom is -0.345 e. The van der Waals surface area contributed by atoms with Gasteiger partial charge in [-0.25, -0.2) is 15.0 Å². The number of hydrogen-bond acceptors (Lipinski definition) is 5. The van der Waals surface area contributed by atoms with Crippen molar-refractivity contribution in [2.75, 3.05) is 4.90 Å². The van der Waals surface area contributed by atoms with Crippen molar-refractivity contribution in [1.29, 1.82) is 0 Å². The van der Waals surface area contributed by atoms with Crippen LogP contribution in [0, 0.1) is 0 Å². The minimum absolute atomic E-state index is 0.325. The number of nitrogens with zero attached hydrogens (tertiary/aromatic N) is 4. The van der Waals surface area contributed by atoms with Gasteiger partial charge in [0.1, 0.15) is 10.8 Å². The van der Waals surface area contributed by atoms with Crippen LogP contribution in [0.2, 0.25) is 5.15 Å². The summed E-state index contributed by atoms with van der Waals surface area (Å²) in [5.41, 5.74) is 8.88. The molecule has 0 bridgehead atoms. The van der Waals surface area contributed by atoms with Gasteiger partial charge in [0.15, 0.2) is 0 Å². The molecule has 3 aromatic heterocycles. The maximum absolute atomic E-state index is 6.51. The lowest BCUT2D eigenvalue weighted by atomic mass is 9.90. The molecule has 0 spiro atoms. The van der Waals surface area contributed by atoms with Crippen LogP contribution in [0.15, 0.2) is 30.6 Å². The highest BCUT2D eigenvalue weighted by molar-refractivity contribution is 6.29. The molecule has 5 rings (SSSR count). The molecule has 0 atom stereocenters. The van der Waals surface area contributed by atoms with E-state index in [1.54, 1.807) is 6.20 Å². The van der Waals surface area contributed by atoms with E-state index in [1.807, 2.05) is 18.3 Å². The first-order chi connectivity index (χ1) is 14.2. The van der Waals surface area contributed by atoms with Crippen molar-refractivity contribution < 1.29 is 0 Å². The monoisotopic (exact) mass is 410 g/mol. The summed E-state index contributed by atoms with van der Waals surface area (Å²) in [6.45, 7) is 0. The maximum atomic E-state index is 6.51. The number of rotatable bonds is 4. The number of pyridine rings is 1. The first kappa shape index (κ1) is 18.8. The molecular weight excluding hydrogens is 384 g/mol. The van der Waals surface area contributed by atoms with Gasteiger partial charge in [0.25, 0.3) is 0 Å². The second kappa shape index (κ2) is 7.92. The second-order valence-electron chi connectivity index (χ2n) is 8.39. The molecule has 2 aliphatic rings. The predicted octanol–water partition coefficient (Wildman–Crippen LogP) is 4.69. The summed E-state index contributed by atoms with van der Waals surface area (Å²) in [5.74, 6) is 0.762. The smallest absolute Gasteiger partial charge is 0.227 e. The molecule has 2 aliphatic carbocycles. The third-order valence-corrected chi connectivity index (χ3v) is 6.69. The molecule has 3 N–H and O–H groups in total. The van der Waals surface area contributed by atoms with Crippen molar-refractivity contribution in [2.45, 2.75) is 69.5 Å². The fourth-order valence-electron chi connectivity index (χ4n) is 5.01. The Morgan fingerprint density at radius 1 is 1.03 bits per heavy atom. The van der Waals surface area contributed by atoms with E-state index >= 15 is 0 Å². The standard InChI is InChI=1S/C22H27ClN6/c23-20-12-19(18-13-26-21-17(18)6-3-11-25-21)27-22(28-20)29(15-4-1-2-5-15)16-9-7-14(24)8-10-16/h3,6,11-16H,1-2,4-5,7-10,24H2,(H,25,26). The molecule has 152 valence electrons. The number of aromatic nitrogens is 4. The number of halogens is 1. The van der Waals surface area contributed by atoms with E-state index in [2.05, 4.69) is 25.9 Å². The Bertz CT molecular complexity index is 988. The highest BCUT2D eigenvalue weighted by Gasteiger charge is 2.33. The molecule has 0 amide bonds. The van der Waals surface area contributed by atoms with Crippen molar-refractivity contribution in [1.82, 2.24) is 19.9 Å². The molecule has 3 heterocycles. The second-order valence-corrected chi connectivity index (χ2v) is 8.78. The molecule has 2 fully saturated rings. The average Bonchev–Trinajstić information content (AvgIpc) is 3.39. The topological polar surface area (TPSA) is 83.7 Å². The molecule has 0 radical (unpaired) electrons. The molecular formula is C22H27ClN6. The van der Waals surface area contributed by atoms with Crippen molar-refractivity contribution in [3.05, 3.63) is 35.7 Å². The molecule has 29 heavy (non-hydrogen) atoms. The van der Waals surface area contributed by atoms with Crippen LogP contribution in [-0.2, 0) is 0 Å². The molecule has 7 heteroatoms. The molecule has 0 unspecified atom stereocenters. The van der Waals surface area contributed by atoms with Crippen molar-refractivity contribution in [2.24, 2.45) is 5.73 Å². The van der Waals surface area contributed by atoms with Gasteiger partial charge in [0.2, 0.25) is 5.95 Å². The Kier molecular flexibility index (Phi) is 5.14. The SMILES string of the molecule is NC1CCC(N(c2nc(Cl)cc(-c3c[nH]c4ncccc34)n2)C2CCCC2)CC1. The number of fused-ring (bicyclic) bond motifs is 1. The fraction of sp³-hybridized carbons (Fsp3) is 0.500. The largest absolute Gasteiger partial charge is 0.345 e. The van der Waals surface area contributed by atoms with Crippen molar-refractivity contribution in [3.63, 3.8) is 0 Å². The minimum atomic E-state index is 0.325. The molecule has 0 saturated heterocycles. The van der Waals surface area contributed by atoms with Crippen LogP contribution < -0.4 is 10.6 Å². The summed E-state index contributed by atoms with van der Waals surface area (Å²) in [4.78, 5) is 19.8. The molecule has 2 saturated carbocycles. The zero-order valence-electron chi connectivity index (χ0n) is 16.5. The van der Waals surface area contributed by atoms with Gasteiger partial charge >= 0.3 is 0 Å². The summed E-state index contributed by atoms with van der Waals surface area (Å²) >= 11 is 6.51. The fourth-order valence-corrected chi connectivity index (χ4v) is 5.19. The third-order valence-electron chi connectivity index (χ3n) is 6.49. The lowest BCUT2D eigenvalue weighted by molar-refractivity contribution is 0.352. The first-order valence-corrected chi connectivity index (χ1v) is 11.1. The highest BCUT2D eigenvalue weighted by atomic mass is 35.5. The normalized spacial score (nSPS) is 23.0. The van der Waals surface area contributed by atoms with Crippen molar-refractivity contribution in [3.8, 4) is 11.3 Å². The summed E-state index contributed by atoms with van der Waals surface area (Å²) in [5, 5.41) is 1.53. The number of anilines is 1. The van der Waals surface area contributed by atoms with Crippen LogP contribution in [0.5, 0.6) is 0 Å². The predicted molar refractivity (Wildman–Crippen MR) is 117 cm³/mol. The number of aromatic amines is 1. The van der Waals surface area contributed by atoms with Gasteiger partial charge in [-0.15, -0.1) is 0 Å². The molecule has 6 nitrogen and oxygen atoms in total. The van der Waals surface area contributed by atoms with Gasteiger partial charge in [-0.05, 0) is 50.7 Å². The van der Waals surface area contributed by atoms with Crippen LogP contribution >= 0.6 is 11.6 Å². The van der Waals surface area contributed by atoms with Crippen molar-refractivity contribution >= 4 is 28.6 Å². The highest BCUT2D eigenvalue weighted by Crippen LogP contribution is 2.35. The Balaban J connectivity index is 1.56. The van der Waals surface area contributed by atoms with E-state index in [-0.39, 0.29) is 0 Å². The van der Waals surface area contributed by atoms with Gasteiger partial charge in [-0.2, -0.15) is 0 Å². The summed E-state index contributed by atoms with van der Waals surface area (Å²) in [6.07, 6.45) is 13.0.